The number of carbonyl (C=O) groups is 1. The van der Waals surface area contributed by atoms with Gasteiger partial charge in [-0.1, -0.05) is 12.1 Å². The molecule has 1 fully saturated rings. The van der Waals surface area contributed by atoms with Crippen molar-refractivity contribution in [1.29, 1.82) is 0 Å². The summed E-state index contributed by atoms with van der Waals surface area (Å²) in [5, 5.41) is 13.6. The monoisotopic (exact) mass is 321 g/mol. The highest BCUT2D eigenvalue weighted by atomic mass is 19.4. The summed E-state index contributed by atoms with van der Waals surface area (Å²) in [7, 11) is 0. The fourth-order valence-electron chi connectivity index (χ4n) is 2.46. The van der Waals surface area contributed by atoms with E-state index in [0.717, 1.165) is 4.90 Å². The van der Waals surface area contributed by atoms with Gasteiger partial charge in [-0.2, -0.15) is 13.2 Å². The Labute approximate surface area is 125 Å². The fraction of sp³-hybridized carbons (Fsp3) is 0.692. The van der Waals surface area contributed by atoms with E-state index in [4.69, 9.17) is 4.52 Å². The van der Waals surface area contributed by atoms with Crippen LogP contribution in [-0.4, -0.2) is 46.7 Å². The number of carbonyl (C=O) groups excluding carboxylic acids is 1. The molecule has 124 valence electrons. The summed E-state index contributed by atoms with van der Waals surface area (Å²) in [6, 6.07) is 0.846. The molecule has 0 aromatic carbocycles. The van der Waals surface area contributed by atoms with Gasteiger partial charge in [0.15, 0.2) is 12.0 Å². The number of amides is 2. The lowest BCUT2D eigenvalue weighted by Gasteiger charge is -2.16. The van der Waals surface area contributed by atoms with Gasteiger partial charge in [-0.25, -0.2) is 9.69 Å². The summed E-state index contributed by atoms with van der Waals surface area (Å²) in [5.41, 5.74) is 0. The van der Waals surface area contributed by atoms with Crippen molar-refractivity contribution < 1.29 is 27.6 Å². The molecule has 1 N–H and O–H groups in total. The zero-order valence-corrected chi connectivity index (χ0v) is 12.3. The Bertz CT molecular complexity index is 532. The van der Waals surface area contributed by atoms with Crippen LogP contribution < -0.4 is 4.90 Å². The molecule has 1 aliphatic heterocycles. The molecular weight excluding hydrogens is 303 g/mol. The van der Waals surface area contributed by atoms with Crippen LogP contribution in [0.4, 0.5) is 23.8 Å². The van der Waals surface area contributed by atoms with Gasteiger partial charge in [0, 0.05) is 18.5 Å². The highest BCUT2D eigenvalue weighted by molar-refractivity contribution is 5.93. The van der Waals surface area contributed by atoms with E-state index in [1.54, 1.807) is 13.8 Å². The SMILES string of the molecule is CCC(CC(F)(F)F)c1cc(N2C(=O)N(CC)CC2O)no1. The lowest BCUT2D eigenvalue weighted by Crippen LogP contribution is -2.35. The van der Waals surface area contributed by atoms with Crippen molar-refractivity contribution in [1.82, 2.24) is 10.1 Å². The molecule has 1 aromatic heterocycles. The molecule has 0 saturated carbocycles. The summed E-state index contributed by atoms with van der Waals surface area (Å²) >= 11 is 0. The van der Waals surface area contributed by atoms with Crippen LogP contribution in [0.25, 0.3) is 0 Å². The molecule has 0 radical (unpaired) electrons. The minimum Gasteiger partial charge on any atom is -0.371 e. The number of hydrogen-bond donors (Lipinski definition) is 1. The van der Waals surface area contributed by atoms with E-state index in [2.05, 4.69) is 5.16 Å². The number of hydrogen-bond acceptors (Lipinski definition) is 4. The third-order valence-electron chi connectivity index (χ3n) is 3.68. The summed E-state index contributed by atoms with van der Waals surface area (Å²) in [6.07, 6.45) is -6.19. The van der Waals surface area contributed by atoms with Crippen molar-refractivity contribution in [3.63, 3.8) is 0 Å². The van der Waals surface area contributed by atoms with E-state index in [-0.39, 0.29) is 24.5 Å². The van der Waals surface area contributed by atoms with Gasteiger partial charge in [0.1, 0.15) is 5.76 Å². The van der Waals surface area contributed by atoms with Crippen LogP contribution in [-0.2, 0) is 0 Å². The molecule has 1 aromatic rings. The molecule has 22 heavy (non-hydrogen) atoms. The number of aromatic nitrogens is 1. The predicted molar refractivity (Wildman–Crippen MR) is 71.3 cm³/mol. The maximum absolute atomic E-state index is 12.5. The second-order valence-corrected chi connectivity index (χ2v) is 5.18. The summed E-state index contributed by atoms with van der Waals surface area (Å²) in [4.78, 5) is 14.5. The summed E-state index contributed by atoms with van der Waals surface area (Å²) < 4.78 is 42.6. The average Bonchev–Trinajstić information content (AvgIpc) is 3.00. The third-order valence-corrected chi connectivity index (χ3v) is 3.68. The van der Waals surface area contributed by atoms with Crippen molar-refractivity contribution in [2.75, 3.05) is 18.0 Å². The van der Waals surface area contributed by atoms with Crippen LogP contribution in [0.2, 0.25) is 0 Å². The minimum atomic E-state index is -4.31. The molecule has 0 spiro atoms. The Morgan fingerprint density at radius 3 is 2.68 bits per heavy atom. The molecule has 2 heterocycles. The van der Waals surface area contributed by atoms with Crippen molar-refractivity contribution in [3.05, 3.63) is 11.8 Å². The minimum absolute atomic E-state index is 0.0316. The third kappa shape index (κ3) is 3.34. The number of halogens is 3. The number of nitrogens with zero attached hydrogens (tertiary/aromatic N) is 3. The van der Waals surface area contributed by atoms with E-state index in [1.807, 2.05) is 0 Å². The topological polar surface area (TPSA) is 69.8 Å². The largest absolute Gasteiger partial charge is 0.389 e. The Morgan fingerprint density at radius 1 is 1.50 bits per heavy atom. The van der Waals surface area contributed by atoms with Crippen molar-refractivity contribution >= 4 is 11.8 Å². The first-order valence-corrected chi connectivity index (χ1v) is 7.06. The maximum Gasteiger partial charge on any atom is 0.389 e. The van der Waals surface area contributed by atoms with Gasteiger partial charge in [0.25, 0.3) is 0 Å². The van der Waals surface area contributed by atoms with Crippen molar-refractivity contribution in [3.8, 4) is 0 Å². The second kappa shape index (κ2) is 6.15. The molecule has 2 amide bonds. The van der Waals surface area contributed by atoms with Gasteiger partial charge < -0.3 is 14.5 Å². The molecule has 6 nitrogen and oxygen atoms in total. The van der Waals surface area contributed by atoms with Crippen molar-refractivity contribution in [2.45, 2.75) is 45.0 Å². The van der Waals surface area contributed by atoms with Crippen LogP contribution in [0.3, 0.4) is 0 Å². The quantitative estimate of drug-likeness (QED) is 0.905. The number of rotatable bonds is 5. The Hall–Kier alpha value is -1.77. The molecule has 2 rings (SSSR count). The van der Waals surface area contributed by atoms with Crippen LogP contribution >= 0.6 is 0 Å². The number of alkyl halides is 3. The highest BCUT2D eigenvalue weighted by Gasteiger charge is 2.39. The van der Waals surface area contributed by atoms with E-state index in [0.29, 0.717) is 6.54 Å². The average molecular weight is 321 g/mol. The standard InChI is InChI=1S/C13H18F3N3O3/c1-3-8(6-13(14,15)16)9-5-10(17-22-9)19-11(20)7-18(4-2)12(19)21/h5,8,11,20H,3-4,6-7H2,1-2H3. The van der Waals surface area contributed by atoms with Crippen LogP contribution in [0, 0.1) is 0 Å². The Morgan fingerprint density at radius 2 is 2.18 bits per heavy atom. The molecule has 2 unspecified atom stereocenters. The first-order valence-electron chi connectivity index (χ1n) is 7.06. The van der Waals surface area contributed by atoms with Gasteiger partial charge in [-0.3, -0.25) is 0 Å². The van der Waals surface area contributed by atoms with Gasteiger partial charge in [-0.05, 0) is 13.3 Å². The molecule has 1 aliphatic rings. The number of urea groups is 1. The fourth-order valence-corrected chi connectivity index (χ4v) is 2.46. The van der Waals surface area contributed by atoms with E-state index in [9.17, 15) is 23.1 Å². The summed E-state index contributed by atoms with van der Waals surface area (Å²) in [6.45, 7) is 3.92. The highest BCUT2D eigenvalue weighted by Crippen LogP contribution is 2.35. The Balaban J connectivity index is 2.19. The second-order valence-electron chi connectivity index (χ2n) is 5.18. The number of likely N-dealkylation sites (N-methyl/N-ethyl adjacent to an activating group) is 1. The van der Waals surface area contributed by atoms with Gasteiger partial charge in [-0.15, -0.1) is 0 Å². The van der Waals surface area contributed by atoms with E-state index >= 15 is 0 Å². The summed E-state index contributed by atoms with van der Waals surface area (Å²) in [5.74, 6) is -0.771. The number of β-amino-alcohol motifs (C(OH)–C–C–N with tert-alkyl or cyclic N) is 1. The number of anilines is 1. The normalized spacial score (nSPS) is 20.8. The zero-order valence-electron chi connectivity index (χ0n) is 12.3. The molecule has 0 bridgehead atoms. The lowest BCUT2D eigenvalue weighted by atomic mass is 9.99. The predicted octanol–water partition coefficient (Wildman–Crippen LogP) is 2.70. The maximum atomic E-state index is 12.5. The molecule has 2 atom stereocenters. The molecule has 9 heteroatoms. The number of aliphatic hydroxyl groups is 1. The van der Waals surface area contributed by atoms with E-state index < -0.39 is 30.8 Å². The van der Waals surface area contributed by atoms with Gasteiger partial charge in [0.2, 0.25) is 0 Å². The molecule has 1 saturated heterocycles. The smallest absolute Gasteiger partial charge is 0.371 e. The first kappa shape index (κ1) is 16.6. The number of aliphatic hydroxyl groups excluding tert-OH is 1. The van der Waals surface area contributed by atoms with Crippen LogP contribution in [0.5, 0.6) is 0 Å². The van der Waals surface area contributed by atoms with Crippen molar-refractivity contribution in [2.24, 2.45) is 0 Å². The molecular formula is C13H18F3N3O3. The van der Waals surface area contributed by atoms with Crippen LogP contribution in [0.1, 0.15) is 38.4 Å². The first-order chi connectivity index (χ1) is 10.3. The zero-order chi connectivity index (χ0) is 16.5. The van der Waals surface area contributed by atoms with E-state index in [1.165, 1.54) is 11.0 Å². The van der Waals surface area contributed by atoms with Gasteiger partial charge in [0.05, 0.1) is 13.0 Å². The Kier molecular flexibility index (Phi) is 4.64. The lowest BCUT2D eigenvalue weighted by molar-refractivity contribution is -0.140. The van der Waals surface area contributed by atoms with Crippen LogP contribution in [0.15, 0.2) is 10.6 Å². The van der Waals surface area contributed by atoms with Gasteiger partial charge >= 0.3 is 12.2 Å². The molecule has 0 aliphatic carbocycles.